The third kappa shape index (κ3) is 2.71. The number of phenols is 1. The minimum atomic E-state index is -0.810. The number of hydrogen-bond acceptors (Lipinski definition) is 3. The number of para-hydroxylation sites is 1. The standard InChI is InChI=1S/C16H14O3/c1-11(15(18)12-7-3-2-4-8-12)16(19)13-9-5-6-10-14(13)17/h2-11,17H,1H3. The van der Waals surface area contributed by atoms with E-state index in [1.165, 1.54) is 12.1 Å². The van der Waals surface area contributed by atoms with E-state index in [1.54, 1.807) is 43.3 Å². The number of phenolic OH excluding ortho intramolecular Hbond substituents is 1. The third-order valence-electron chi connectivity index (χ3n) is 3.01. The number of aromatic hydroxyl groups is 1. The van der Waals surface area contributed by atoms with Crippen LogP contribution in [0.3, 0.4) is 0 Å². The van der Waals surface area contributed by atoms with E-state index in [-0.39, 0.29) is 22.9 Å². The van der Waals surface area contributed by atoms with Crippen LogP contribution in [0.5, 0.6) is 5.75 Å². The van der Waals surface area contributed by atoms with Crippen molar-refractivity contribution >= 4 is 11.6 Å². The molecule has 0 bridgehead atoms. The van der Waals surface area contributed by atoms with E-state index in [4.69, 9.17) is 0 Å². The molecule has 0 aliphatic rings. The van der Waals surface area contributed by atoms with Crippen LogP contribution in [0.2, 0.25) is 0 Å². The van der Waals surface area contributed by atoms with E-state index in [0.717, 1.165) is 0 Å². The SMILES string of the molecule is CC(C(=O)c1ccccc1)C(=O)c1ccccc1O. The Balaban J connectivity index is 2.26. The van der Waals surface area contributed by atoms with Gasteiger partial charge in [-0.25, -0.2) is 0 Å². The number of rotatable bonds is 4. The normalized spacial score (nSPS) is 11.8. The molecule has 0 amide bonds. The molecule has 2 aromatic rings. The smallest absolute Gasteiger partial charge is 0.177 e. The molecule has 0 heterocycles. The van der Waals surface area contributed by atoms with E-state index in [2.05, 4.69) is 0 Å². The van der Waals surface area contributed by atoms with E-state index in [0.29, 0.717) is 5.56 Å². The summed E-state index contributed by atoms with van der Waals surface area (Å²) in [4.78, 5) is 24.4. The van der Waals surface area contributed by atoms with E-state index in [9.17, 15) is 14.7 Å². The summed E-state index contributed by atoms with van der Waals surface area (Å²) < 4.78 is 0. The lowest BCUT2D eigenvalue weighted by Crippen LogP contribution is -2.21. The van der Waals surface area contributed by atoms with Crippen LogP contribution in [-0.4, -0.2) is 16.7 Å². The van der Waals surface area contributed by atoms with E-state index < -0.39 is 5.92 Å². The molecular weight excluding hydrogens is 240 g/mol. The monoisotopic (exact) mass is 254 g/mol. The quantitative estimate of drug-likeness (QED) is 0.673. The average Bonchev–Trinajstić information content (AvgIpc) is 2.46. The largest absolute Gasteiger partial charge is 0.507 e. The first-order valence-corrected chi connectivity index (χ1v) is 6.02. The zero-order valence-corrected chi connectivity index (χ0v) is 10.5. The van der Waals surface area contributed by atoms with Crippen molar-refractivity contribution in [1.29, 1.82) is 0 Å². The zero-order valence-electron chi connectivity index (χ0n) is 10.5. The molecular formula is C16H14O3. The van der Waals surface area contributed by atoms with Crippen LogP contribution in [0.1, 0.15) is 27.6 Å². The first-order chi connectivity index (χ1) is 9.11. The fourth-order valence-electron chi connectivity index (χ4n) is 1.89. The Hall–Kier alpha value is -2.42. The number of carbonyl (C=O) groups is 2. The summed E-state index contributed by atoms with van der Waals surface area (Å²) in [6.07, 6.45) is 0. The van der Waals surface area contributed by atoms with Crippen molar-refractivity contribution in [3.63, 3.8) is 0 Å². The Bertz CT molecular complexity index is 602. The maximum absolute atomic E-state index is 12.2. The highest BCUT2D eigenvalue weighted by Gasteiger charge is 2.25. The Kier molecular flexibility index (Phi) is 3.76. The molecule has 2 rings (SSSR count). The van der Waals surface area contributed by atoms with Crippen LogP contribution in [-0.2, 0) is 0 Å². The highest BCUT2D eigenvalue weighted by atomic mass is 16.3. The first-order valence-electron chi connectivity index (χ1n) is 6.02. The maximum Gasteiger partial charge on any atom is 0.177 e. The zero-order chi connectivity index (χ0) is 13.8. The first kappa shape index (κ1) is 13.0. The molecule has 0 fully saturated rings. The fraction of sp³-hybridized carbons (Fsp3) is 0.125. The van der Waals surface area contributed by atoms with Gasteiger partial charge in [-0.15, -0.1) is 0 Å². The van der Waals surface area contributed by atoms with Crippen molar-refractivity contribution in [3.05, 3.63) is 65.7 Å². The summed E-state index contributed by atoms with van der Waals surface area (Å²) in [6.45, 7) is 1.56. The van der Waals surface area contributed by atoms with Gasteiger partial charge in [0.05, 0.1) is 11.5 Å². The lowest BCUT2D eigenvalue weighted by atomic mass is 9.91. The van der Waals surface area contributed by atoms with Gasteiger partial charge < -0.3 is 5.11 Å². The van der Waals surface area contributed by atoms with Crippen molar-refractivity contribution in [3.8, 4) is 5.75 Å². The van der Waals surface area contributed by atoms with E-state index >= 15 is 0 Å². The second-order valence-corrected chi connectivity index (χ2v) is 4.33. The van der Waals surface area contributed by atoms with Gasteiger partial charge in [0.1, 0.15) is 5.75 Å². The van der Waals surface area contributed by atoms with Gasteiger partial charge in [0.25, 0.3) is 0 Å². The third-order valence-corrected chi connectivity index (χ3v) is 3.01. The van der Waals surface area contributed by atoms with Gasteiger partial charge in [-0.2, -0.15) is 0 Å². The summed E-state index contributed by atoms with van der Waals surface area (Å²) in [5, 5.41) is 9.65. The van der Waals surface area contributed by atoms with Gasteiger partial charge in [0, 0.05) is 5.56 Å². The number of benzene rings is 2. The lowest BCUT2D eigenvalue weighted by Gasteiger charge is -2.10. The van der Waals surface area contributed by atoms with Gasteiger partial charge >= 0.3 is 0 Å². The van der Waals surface area contributed by atoms with Crippen LogP contribution in [0, 0.1) is 5.92 Å². The maximum atomic E-state index is 12.2. The fourth-order valence-corrected chi connectivity index (χ4v) is 1.89. The van der Waals surface area contributed by atoms with Crippen molar-refractivity contribution in [2.24, 2.45) is 5.92 Å². The summed E-state index contributed by atoms with van der Waals surface area (Å²) in [6, 6.07) is 14.9. The molecule has 0 saturated carbocycles. The number of Topliss-reactive ketones (excluding diaryl/α,β-unsaturated/α-hetero) is 2. The van der Waals surface area contributed by atoms with Crippen molar-refractivity contribution in [1.82, 2.24) is 0 Å². The summed E-state index contributed by atoms with van der Waals surface area (Å²) >= 11 is 0. The van der Waals surface area contributed by atoms with E-state index in [1.807, 2.05) is 6.07 Å². The van der Waals surface area contributed by atoms with Gasteiger partial charge in [0.2, 0.25) is 0 Å². The molecule has 1 N–H and O–H groups in total. The Labute approximate surface area is 111 Å². The van der Waals surface area contributed by atoms with Crippen LogP contribution in [0.15, 0.2) is 54.6 Å². The Morgan fingerprint density at radius 3 is 2.11 bits per heavy atom. The second kappa shape index (κ2) is 5.48. The summed E-state index contributed by atoms with van der Waals surface area (Å²) in [7, 11) is 0. The predicted octanol–water partition coefficient (Wildman–Crippen LogP) is 3.09. The van der Waals surface area contributed by atoms with Crippen LogP contribution in [0.25, 0.3) is 0 Å². The molecule has 0 aliphatic carbocycles. The highest BCUT2D eigenvalue weighted by Crippen LogP contribution is 2.21. The second-order valence-electron chi connectivity index (χ2n) is 4.33. The number of ketones is 2. The molecule has 0 aliphatic heterocycles. The molecule has 2 aromatic carbocycles. The van der Waals surface area contributed by atoms with Gasteiger partial charge in [-0.3, -0.25) is 9.59 Å². The topological polar surface area (TPSA) is 54.4 Å². The minimum absolute atomic E-state index is 0.0970. The molecule has 0 radical (unpaired) electrons. The van der Waals surface area contributed by atoms with Gasteiger partial charge in [-0.1, -0.05) is 42.5 Å². The van der Waals surface area contributed by atoms with Crippen LogP contribution in [0.4, 0.5) is 0 Å². The lowest BCUT2D eigenvalue weighted by molar-refractivity contribution is 0.0819. The molecule has 1 atom stereocenters. The molecule has 96 valence electrons. The van der Waals surface area contributed by atoms with Crippen molar-refractivity contribution in [2.75, 3.05) is 0 Å². The minimum Gasteiger partial charge on any atom is -0.507 e. The van der Waals surface area contributed by atoms with Crippen molar-refractivity contribution in [2.45, 2.75) is 6.92 Å². The molecule has 0 spiro atoms. The highest BCUT2D eigenvalue weighted by molar-refractivity contribution is 6.16. The Morgan fingerprint density at radius 1 is 0.895 bits per heavy atom. The number of carbonyl (C=O) groups excluding carboxylic acids is 2. The average molecular weight is 254 g/mol. The van der Waals surface area contributed by atoms with Crippen LogP contribution < -0.4 is 0 Å². The van der Waals surface area contributed by atoms with Crippen molar-refractivity contribution < 1.29 is 14.7 Å². The molecule has 19 heavy (non-hydrogen) atoms. The summed E-state index contributed by atoms with van der Waals surface area (Å²) in [5.74, 6) is -1.52. The van der Waals surface area contributed by atoms with Crippen LogP contribution >= 0.6 is 0 Å². The predicted molar refractivity (Wildman–Crippen MR) is 72.4 cm³/mol. The molecule has 0 saturated heterocycles. The molecule has 3 heteroatoms. The summed E-state index contributed by atoms with van der Waals surface area (Å²) in [5.41, 5.74) is 0.679. The molecule has 1 unspecified atom stereocenters. The number of hydrogen-bond donors (Lipinski definition) is 1. The van der Waals surface area contributed by atoms with Gasteiger partial charge in [-0.05, 0) is 19.1 Å². The van der Waals surface area contributed by atoms with Gasteiger partial charge in [0.15, 0.2) is 11.6 Å². The Morgan fingerprint density at radius 2 is 1.47 bits per heavy atom. The molecule has 0 aromatic heterocycles. The molecule has 3 nitrogen and oxygen atoms in total.